The molecule has 1 N–H and O–H groups in total. The van der Waals surface area contributed by atoms with E-state index >= 15 is 0 Å². The molecule has 0 aromatic heterocycles. The van der Waals surface area contributed by atoms with Crippen LogP contribution in [0.1, 0.15) is 60.5 Å². The summed E-state index contributed by atoms with van der Waals surface area (Å²) < 4.78 is 16.3. The van der Waals surface area contributed by atoms with E-state index in [-0.39, 0.29) is 17.1 Å². The van der Waals surface area contributed by atoms with E-state index in [1.54, 1.807) is 12.1 Å². The van der Waals surface area contributed by atoms with E-state index in [0.717, 1.165) is 12.0 Å². The van der Waals surface area contributed by atoms with Gasteiger partial charge in [0.25, 0.3) is 5.78 Å². The Bertz CT molecular complexity index is 935. The molecule has 148 valence electrons. The smallest absolute Gasteiger partial charge is 0.268 e. The molecule has 0 saturated heterocycles. The lowest BCUT2D eigenvalue weighted by Crippen LogP contribution is -2.24. The lowest BCUT2D eigenvalue weighted by molar-refractivity contribution is -0.114. The summed E-state index contributed by atoms with van der Waals surface area (Å²) in [7, 11) is 2.79. The number of phenols is 1. The minimum absolute atomic E-state index is 0.0516. The number of methoxy groups -OCH3 is 2. The van der Waals surface area contributed by atoms with Crippen molar-refractivity contribution >= 4 is 23.7 Å². The molecule has 3 rings (SSSR count). The van der Waals surface area contributed by atoms with E-state index in [1.165, 1.54) is 20.3 Å². The van der Waals surface area contributed by atoms with Gasteiger partial charge in [0.05, 0.1) is 18.2 Å². The molecule has 28 heavy (non-hydrogen) atoms. The fourth-order valence-corrected chi connectivity index (χ4v) is 3.38. The van der Waals surface area contributed by atoms with Gasteiger partial charge in [-0.1, -0.05) is 26.3 Å². The fraction of sp³-hybridized carbons (Fsp3) is 0.364. The molecule has 1 aliphatic carbocycles. The molecule has 2 aliphatic rings. The molecule has 2 atom stereocenters. The van der Waals surface area contributed by atoms with Crippen LogP contribution in [-0.4, -0.2) is 30.9 Å². The van der Waals surface area contributed by atoms with Gasteiger partial charge in [-0.3, -0.25) is 9.59 Å². The van der Waals surface area contributed by atoms with E-state index in [2.05, 4.69) is 19.9 Å². The lowest BCUT2D eigenvalue weighted by Gasteiger charge is -2.29. The van der Waals surface area contributed by atoms with E-state index in [1.807, 2.05) is 6.92 Å². The number of carbonyl (C=O) groups excluding carboxylic acids is 2. The minimum Gasteiger partial charge on any atom is -0.507 e. The summed E-state index contributed by atoms with van der Waals surface area (Å²) in [4.78, 5) is 24.6. The normalized spacial score (nSPS) is 19.9. The van der Waals surface area contributed by atoms with Crippen LogP contribution in [0, 0.1) is 5.92 Å². The molecule has 1 aromatic rings. The van der Waals surface area contributed by atoms with Crippen LogP contribution in [0.4, 0.5) is 0 Å². The zero-order chi connectivity index (χ0) is 20.6. The van der Waals surface area contributed by atoms with E-state index in [9.17, 15) is 14.7 Å². The van der Waals surface area contributed by atoms with Crippen molar-refractivity contribution in [2.24, 2.45) is 5.92 Å². The summed E-state index contributed by atoms with van der Waals surface area (Å²) in [5, 5.41) is 10.8. The van der Waals surface area contributed by atoms with Crippen molar-refractivity contribution in [3.8, 4) is 5.75 Å². The summed E-state index contributed by atoms with van der Waals surface area (Å²) in [6.07, 6.45) is 5.50. The number of carbonyl (C=O) groups is 2. The second-order valence-electron chi connectivity index (χ2n) is 6.99. The van der Waals surface area contributed by atoms with Crippen LogP contribution in [0.15, 0.2) is 29.2 Å². The Balaban J connectivity index is 2.20. The van der Waals surface area contributed by atoms with Gasteiger partial charge in [-0.15, -0.1) is 0 Å². The molecular formula is C22H24O6. The molecule has 6 nitrogen and oxygen atoms in total. The highest BCUT2D eigenvalue weighted by molar-refractivity contribution is 6.51. The van der Waals surface area contributed by atoms with Gasteiger partial charge >= 0.3 is 0 Å². The highest BCUT2D eigenvalue weighted by Gasteiger charge is 2.36. The molecule has 0 spiro atoms. The summed E-state index contributed by atoms with van der Waals surface area (Å²) in [6, 6.07) is 1.73. The highest BCUT2D eigenvalue weighted by Crippen LogP contribution is 2.44. The summed E-state index contributed by atoms with van der Waals surface area (Å²) in [6.45, 7) is 6.19. The van der Waals surface area contributed by atoms with E-state index < -0.39 is 17.9 Å². The van der Waals surface area contributed by atoms with E-state index in [0.29, 0.717) is 28.4 Å². The summed E-state index contributed by atoms with van der Waals surface area (Å²) >= 11 is 0. The van der Waals surface area contributed by atoms with Crippen molar-refractivity contribution in [2.45, 2.75) is 33.5 Å². The molecule has 0 fully saturated rings. The Labute approximate surface area is 164 Å². The second kappa shape index (κ2) is 7.64. The number of allylic oxidation sites excluding steroid dienone is 3. The van der Waals surface area contributed by atoms with Crippen LogP contribution in [-0.2, 0) is 19.0 Å². The molecule has 1 heterocycles. The average molecular weight is 384 g/mol. The van der Waals surface area contributed by atoms with Gasteiger partial charge in [-0.2, -0.15) is 0 Å². The topological polar surface area (TPSA) is 82.1 Å². The number of hydrogen-bond acceptors (Lipinski definition) is 6. The minimum atomic E-state index is -0.892. The third-order valence-corrected chi connectivity index (χ3v) is 5.10. The van der Waals surface area contributed by atoms with Crippen molar-refractivity contribution in [1.29, 1.82) is 0 Å². The Morgan fingerprint density at radius 3 is 2.57 bits per heavy atom. The van der Waals surface area contributed by atoms with Crippen LogP contribution in [0.2, 0.25) is 0 Å². The molecule has 1 aromatic carbocycles. The van der Waals surface area contributed by atoms with Crippen LogP contribution in [0.25, 0.3) is 12.2 Å². The van der Waals surface area contributed by atoms with Crippen molar-refractivity contribution in [3.63, 3.8) is 0 Å². The molecule has 1 aliphatic heterocycles. The molecule has 0 amide bonds. The summed E-state index contributed by atoms with van der Waals surface area (Å²) in [5.41, 5.74) is 2.32. The number of hydrogen-bond donors (Lipinski definition) is 1. The number of aromatic hydroxyl groups is 1. The van der Waals surface area contributed by atoms with Crippen LogP contribution >= 0.6 is 0 Å². The van der Waals surface area contributed by atoms with Gasteiger partial charge in [-0.05, 0) is 47.8 Å². The number of phenolic OH excluding ortho intramolecular Hbond substituents is 1. The Morgan fingerprint density at radius 2 is 1.96 bits per heavy atom. The predicted octanol–water partition coefficient (Wildman–Crippen LogP) is 4.15. The molecule has 0 unspecified atom stereocenters. The second-order valence-corrected chi connectivity index (χ2v) is 6.99. The largest absolute Gasteiger partial charge is 0.507 e. The first kappa shape index (κ1) is 19.9. The molecule has 6 heteroatoms. The molecule has 0 bridgehead atoms. The van der Waals surface area contributed by atoms with Gasteiger partial charge < -0.3 is 19.3 Å². The molecular weight excluding hydrogens is 360 g/mol. The molecule has 0 radical (unpaired) electrons. The van der Waals surface area contributed by atoms with Crippen molar-refractivity contribution in [3.05, 3.63) is 51.5 Å². The Kier molecular flexibility index (Phi) is 5.42. The summed E-state index contributed by atoms with van der Waals surface area (Å²) in [5.74, 6) is -0.938. The van der Waals surface area contributed by atoms with Gasteiger partial charge in [0.1, 0.15) is 11.5 Å². The maximum absolute atomic E-state index is 12.5. The number of Topliss-reactive ketones (excluding diaryl/α,β-unsaturated/α-hetero) is 2. The fourth-order valence-electron chi connectivity index (χ4n) is 3.38. The Morgan fingerprint density at radius 1 is 1.25 bits per heavy atom. The monoisotopic (exact) mass is 384 g/mol. The lowest BCUT2D eigenvalue weighted by atomic mass is 9.87. The van der Waals surface area contributed by atoms with Crippen LogP contribution in [0.3, 0.4) is 0 Å². The highest BCUT2D eigenvalue weighted by atomic mass is 16.7. The standard InChI is InChI=1S/C22H24O6/c1-6-11(2)7-12(3)15-9-14-8-13-10-16(26-4)19(23)21(25)17(13)20(24)18(14)22(27-5)28-15/h7-11,22,24H,6H2,1-5H3/t11-,22-/m1/s1. The van der Waals surface area contributed by atoms with E-state index in [4.69, 9.17) is 14.2 Å². The average Bonchev–Trinajstić information content (AvgIpc) is 2.69. The third-order valence-electron chi connectivity index (χ3n) is 5.10. The maximum Gasteiger partial charge on any atom is 0.268 e. The maximum atomic E-state index is 12.5. The first-order chi connectivity index (χ1) is 13.3. The first-order valence-corrected chi connectivity index (χ1v) is 9.16. The Hall–Kier alpha value is -2.86. The van der Waals surface area contributed by atoms with Crippen molar-refractivity contribution in [1.82, 2.24) is 0 Å². The van der Waals surface area contributed by atoms with Gasteiger partial charge in [0.15, 0.2) is 5.76 Å². The van der Waals surface area contributed by atoms with Gasteiger partial charge in [0, 0.05) is 7.11 Å². The van der Waals surface area contributed by atoms with Crippen molar-refractivity contribution in [2.75, 3.05) is 14.2 Å². The molecule has 0 saturated carbocycles. The first-order valence-electron chi connectivity index (χ1n) is 9.16. The number of benzene rings is 1. The number of rotatable bonds is 5. The zero-order valence-electron chi connectivity index (χ0n) is 16.7. The van der Waals surface area contributed by atoms with Gasteiger partial charge in [0.2, 0.25) is 12.1 Å². The van der Waals surface area contributed by atoms with Gasteiger partial charge in [-0.25, -0.2) is 0 Å². The quantitative estimate of drug-likeness (QED) is 0.768. The van der Waals surface area contributed by atoms with Crippen LogP contribution < -0.4 is 0 Å². The van der Waals surface area contributed by atoms with Crippen molar-refractivity contribution < 1.29 is 28.9 Å². The number of ether oxygens (including phenoxy) is 3. The van der Waals surface area contributed by atoms with Crippen LogP contribution in [0.5, 0.6) is 5.75 Å². The number of fused-ring (bicyclic) bond motifs is 2. The predicted molar refractivity (Wildman–Crippen MR) is 104 cm³/mol. The number of ketones is 2. The SMILES string of the molecule is CC[C@@H](C)C=C(C)C1=Cc2cc3c(c(O)c2[C@H](OC)O1)C(=O)C(=O)C(OC)=C3. The zero-order valence-corrected chi connectivity index (χ0v) is 16.7. The third kappa shape index (κ3) is 3.24.